The van der Waals surface area contributed by atoms with E-state index in [2.05, 4.69) is 5.73 Å². The molecule has 4 nitrogen and oxygen atoms in total. The number of nitrogens with two attached hydrogens (primary N) is 1. The first-order valence-corrected chi connectivity index (χ1v) is 5.00. The third-order valence-electron chi connectivity index (χ3n) is 1.37. The van der Waals surface area contributed by atoms with Crippen LogP contribution in [-0.2, 0) is 4.79 Å². The topological polar surface area (TPSA) is 83.6 Å². The molecule has 1 heterocycles. The lowest BCUT2D eigenvalue weighted by atomic mass is 10.2. The molecule has 0 aromatic rings. The van der Waals surface area contributed by atoms with Crippen LogP contribution in [0.4, 0.5) is 0 Å². The summed E-state index contributed by atoms with van der Waals surface area (Å²) in [6, 6.07) is 0. The molecule has 0 bridgehead atoms. The van der Waals surface area contributed by atoms with Crippen LogP contribution in [0.25, 0.3) is 0 Å². The second-order valence-corrected chi connectivity index (χ2v) is 3.67. The van der Waals surface area contributed by atoms with E-state index in [1.165, 1.54) is 0 Å². The second-order valence-electron chi connectivity index (χ2n) is 2.44. The molecule has 1 fully saturated rings. The molecule has 0 radical (unpaired) electrons. The first-order valence-electron chi connectivity index (χ1n) is 3.84. The maximum Gasteiger partial charge on any atom is 0.317 e. The summed E-state index contributed by atoms with van der Waals surface area (Å²) >= 11 is 1.94. The number of carboxylic acids is 1. The van der Waals surface area contributed by atoms with Gasteiger partial charge in [-0.05, 0) is 24.3 Å². The van der Waals surface area contributed by atoms with Gasteiger partial charge in [-0.3, -0.25) is 4.79 Å². The standard InChI is InChI=1S/C5H10OS.C2H5NO2/c6-5-1-3-7-4-2-5;3-1-2(4)5/h5-6H,1-4H2;1,3H2,(H,4,5). The normalized spacial score (nSPS) is 17.8. The summed E-state index contributed by atoms with van der Waals surface area (Å²) in [6.45, 7) is -0.278. The molecule has 4 N–H and O–H groups in total. The van der Waals surface area contributed by atoms with E-state index in [-0.39, 0.29) is 12.6 Å². The van der Waals surface area contributed by atoms with E-state index in [0.717, 1.165) is 24.3 Å². The van der Waals surface area contributed by atoms with Crippen molar-refractivity contribution < 1.29 is 15.0 Å². The van der Waals surface area contributed by atoms with Crippen molar-refractivity contribution in [3.63, 3.8) is 0 Å². The van der Waals surface area contributed by atoms with E-state index in [4.69, 9.17) is 10.2 Å². The SMILES string of the molecule is NCC(=O)O.OC1CCSCC1. The molecule has 1 aliphatic heterocycles. The number of carbonyl (C=O) groups is 1. The minimum Gasteiger partial charge on any atom is -0.480 e. The van der Waals surface area contributed by atoms with Gasteiger partial charge in [0.2, 0.25) is 0 Å². The molecular formula is C7H15NO3S. The average Bonchev–Trinajstić information content (AvgIpc) is 2.07. The number of aliphatic hydroxyl groups excluding tert-OH is 1. The van der Waals surface area contributed by atoms with Gasteiger partial charge in [-0.25, -0.2) is 0 Å². The second kappa shape index (κ2) is 7.39. The Morgan fingerprint density at radius 2 is 1.92 bits per heavy atom. The first-order chi connectivity index (χ1) is 5.66. The Bertz CT molecular complexity index is 126. The molecule has 0 saturated carbocycles. The molecule has 0 spiro atoms. The molecular weight excluding hydrogens is 178 g/mol. The molecule has 5 heteroatoms. The highest BCUT2D eigenvalue weighted by molar-refractivity contribution is 7.99. The third kappa shape index (κ3) is 7.84. The maximum atomic E-state index is 9.24. The van der Waals surface area contributed by atoms with Crippen molar-refractivity contribution in [2.45, 2.75) is 18.9 Å². The van der Waals surface area contributed by atoms with Gasteiger partial charge in [0.1, 0.15) is 0 Å². The third-order valence-corrected chi connectivity index (χ3v) is 2.41. The summed E-state index contributed by atoms with van der Waals surface area (Å²) in [5.74, 6) is 1.34. The zero-order valence-corrected chi connectivity index (χ0v) is 7.72. The minimum atomic E-state index is -0.968. The first kappa shape index (κ1) is 11.7. The number of carboxylic acid groups (broad SMARTS) is 1. The largest absolute Gasteiger partial charge is 0.480 e. The van der Waals surface area contributed by atoms with Crippen molar-refractivity contribution in [2.75, 3.05) is 18.1 Å². The summed E-state index contributed by atoms with van der Waals surface area (Å²) < 4.78 is 0. The Labute approximate surface area is 76.1 Å². The highest BCUT2D eigenvalue weighted by atomic mass is 32.2. The van der Waals surface area contributed by atoms with Gasteiger partial charge in [0.25, 0.3) is 0 Å². The van der Waals surface area contributed by atoms with Crippen LogP contribution in [-0.4, -0.2) is 40.3 Å². The molecule has 0 atom stereocenters. The summed E-state index contributed by atoms with van der Waals surface area (Å²) in [6.07, 6.45) is 2.02. The van der Waals surface area contributed by atoms with Gasteiger partial charge in [0.05, 0.1) is 12.6 Å². The summed E-state index contributed by atoms with van der Waals surface area (Å²) in [4.78, 5) is 9.24. The van der Waals surface area contributed by atoms with Crippen LogP contribution >= 0.6 is 11.8 Å². The van der Waals surface area contributed by atoms with Crippen LogP contribution in [0.1, 0.15) is 12.8 Å². The van der Waals surface area contributed by atoms with E-state index >= 15 is 0 Å². The van der Waals surface area contributed by atoms with E-state index in [1.54, 1.807) is 0 Å². The quantitative estimate of drug-likeness (QED) is 0.542. The smallest absolute Gasteiger partial charge is 0.317 e. The molecule has 0 amide bonds. The summed E-state index contributed by atoms with van der Waals surface area (Å²) in [5.41, 5.74) is 4.57. The average molecular weight is 193 g/mol. The number of hydrogen-bond donors (Lipinski definition) is 3. The van der Waals surface area contributed by atoms with Crippen LogP contribution in [0.3, 0.4) is 0 Å². The van der Waals surface area contributed by atoms with E-state index < -0.39 is 5.97 Å². The van der Waals surface area contributed by atoms with Gasteiger partial charge < -0.3 is 15.9 Å². The fourth-order valence-electron chi connectivity index (χ4n) is 0.685. The van der Waals surface area contributed by atoms with Crippen LogP contribution in [0.15, 0.2) is 0 Å². The van der Waals surface area contributed by atoms with Crippen molar-refractivity contribution in [3.8, 4) is 0 Å². The Morgan fingerprint density at radius 3 is 2.08 bits per heavy atom. The Balaban J connectivity index is 0.000000217. The fourth-order valence-corrected chi connectivity index (χ4v) is 1.77. The zero-order valence-electron chi connectivity index (χ0n) is 6.90. The molecule has 72 valence electrons. The van der Waals surface area contributed by atoms with Crippen LogP contribution < -0.4 is 5.73 Å². The number of rotatable bonds is 1. The van der Waals surface area contributed by atoms with Gasteiger partial charge in [-0.15, -0.1) is 0 Å². The van der Waals surface area contributed by atoms with Crippen LogP contribution in [0.5, 0.6) is 0 Å². The zero-order chi connectivity index (χ0) is 9.40. The number of thioether (sulfide) groups is 1. The Hall–Kier alpha value is -0.260. The van der Waals surface area contributed by atoms with E-state index in [9.17, 15) is 4.79 Å². The van der Waals surface area contributed by atoms with Crippen molar-refractivity contribution in [1.82, 2.24) is 0 Å². The highest BCUT2D eigenvalue weighted by Gasteiger charge is 2.08. The number of hydrogen-bond acceptors (Lipinski definition) is 4. The molecule has 0 unspecified atom stereocenters. The van der Waals surface area contributed by atoms with Gasteiger partial charge in [-0.1, -0.05) is 0 Å². The molecule has 12 heavy (non-hydrogen) atoms. The van der Waals surface area contributed by atoms with Gasteiger partial charge >= 0.3 is 5.97 Å². The van der Waals surface area contributed by atoms with E-state index in [1.807, 2.05) is 11.8 Å². The summed E-state index contributed by atoms with van der Waals surface area (Å²) in [5, 5.41) is 16.5. The Morgan fingerprint density at radius 1 is 1.50 bits per heavy atom. The maximum absolute atomic E-state index is 9.24. The molecule has 0 aromatic heterocycles. The molecule has 1 saturated heterocycles. The molecule has 0 aromatic carbocycles. The summed E-state index contributed by atoms with van der Waals surface area (Å²) in [7, 11) is 0. The van der Waals surface area contributed by atoms with Crippen molar-refractivity contribution >= 4 is 17.7 Å². The molecule has 1 rings (SSSR count). The fraction of sp³-hybridized carbons (Fsp3) is 0.857. The number of aliphatic hydroxyl groups is 1. The highest BCUT2D eigenvalue weighted by Crippen LogP contribution is 2.15. The lowest BCUT2D eigenvalue weighted by Crippen LogP contribution is -2.13. The molecule has 1 aliphatic rings. The Kier molecular flexibility index (Phi) is 7.23. The monoisotopic (exact) mass is 193 g/mol. The lowest BCUT2D eigenvalue weighted by molar-refractivity contribution is -0.135. The molecule has 0 aliphatic carbocycles. The van der Waals surface area contributed by atoms with Crippen LogP contribution in [0.2, 0.25) is 0 Å². The lowest BCUT2D eigenvalue weighted by Gasteiger charge is -2.14. The van der Waals surface area contributed by atoms with E-state index in [0.29, 0.717) is 0 Å². The van der Waals surface area contributed by atoms with Gasteiger partial charge in [0, 0.05) is 0 Å². The minimum absolute atomic E-state index is 0.0150. The van der Waals surface area contributed by atoms with Crippen molar-refractivity contribution in [2.24, 2.45) is 5.73 Å². The predicted octanol–water partition coefficient (Wildman–Crippen LogP) is -0.0960. The van der Waals surface area contributed by atoms with Crippen molar-refractivity contribution in [1.29, 1.82) is 0 Å². The van der Waals surface area contributed by atoms with Crippen molar-refractivity contribution in [3.05, 3.63) is 0 Å². The van der Waals surface area contributed by atoms with Crippen LogP contribution in [0, 0.1) is 0 Å². The number of aliphatic carboxylic acids is 1. The van der Waals surface area contributed by atoms with Gasteiger partial charge in [0.15, 0.2) is 0 Å². The predicted molar refractivity (Wildman–Crippen MR) is 49.3 cm³/mol. The van der Waals surface area contributed by atoms with Gasteiger partial charge in [-0.2, -0.15) is 11.8 Å².